The number of hydrogen-bond acceptors (Lipinski definition) is 10. The Morgan fingerprint density at radius 3 is 1.39 bits per heavy atom. The summed E-state index contributed by atoms with van der Waals surface area (Å²) in [6.07, 6.45) is 3.07. The van der Waals surface area contributed by atoms with E-state index < -0.39 is 0 Å². The van der Waals surface area contributed by atoms with Crippen LogP contribution in [0.4, 0.5) is 11.6 Å². The fourth-order valence-corrected chi connectivity index (χ4v) is 3.41. The highest BCUT2D eigenvalue weighted by Crippen LogP contribution is 2.27. The van der Waals surface area contributed by atoms with Crippen molar-refractivity contribution < 1.29 is 10.2 Å². The Kier molecular flexibility index (Phi) is 7.81. The SMILES string of the molecule is N#C/C(=C\c1ccc(/C=C(\C#N)c2nn(CCO)c(N)c2C#N)cc1)c1nn(CCO)c(N)c1C#N. The smallest absolute Gasteiger partial charge is 0.140 e. The molecule has 1 aromatic carbocycles. The molecular weight excluding hydrogens is 460 g/mol. The van der Waals surface area contributed by atoms with Crippen LogP contribution in [0.1, 0.15) is 33.6 Å². The molecule has 0 saturated carbocycles. The minimum absolute atomic E-state index is 0.0441. The quantitative estimate of drug-likeness (QED) is 0.336. The molecule has 0 spiro atoms. The normalized spacial score (nSPS) is 11.4. The molecule has 0 saturated heterocycles. The van der Waals surface area contributed by atoms with Gasteiger partial charge in [0, 0.05) is 0 Å². The highest BCUT2D eigenvalue weighted by molar-refractivity contribution is 5.93. The van der Waals surface area contributed by atoms with Gasteiger partial charge in [-0.25, -0.2) is 9.36 Å². The van der Waals surface area contributed by atoms with Crippen molar-refractivity contribution in [2.75, 3.05) is 24.7 Å². The molecule has 6 N–H and O–H groups in total. The number of nitrogen functional groups attached to an aromatic ring is 2. The minimum atomic E-state index is -0.231. The van der Waals surface area contributed by atoms with Crippen LogP contribution in [0.2, 0.25) is 0 Å². The summed E-state index contributed by atoms with van der Waals surface area (Å²) in [5, 5.41) is 64.9. The Morgan fingerprint density at radius 1 is 0.750 bits per heavy atom. The standard InChI is InChI=1S/C24H20N10O2/c25-11-17(21-19(13-27)23(29)33(31-21)5-7-35)9-15-1-2-16(4-3-15)10-18(12-26)22-20(14-28)24(30)34(32-22)6-8-36/h1-4,9-10,35-36H,5-8,29-30H2/b17-9+,18-10+. The largest absolute Gasteiger partial charge is 0.394 e. The third kappa shape index (κ3) is 4.91. The molecule has 178 valence electrons. The number of rotatable bonds is 8. The van der Waals surface area contributed by atoms with Crippen LogP contribution in [0.3, 0.4) is 0 Å². The van der Waals surface area contributed by atoms with Crippen molar-refractivity contribution in [3.63, 3.8) is 0 Å². The number of nitrogens with zero attached hydrogens (tertiary/aromatic N) is 8. The summed E-state index contributed by atoms with van der Waals surface area (Å²) in [6.45, 7) is -0.297. The van der Waals surface area contributed by atoms with Gasteiger partial charge in [-0.3, -0.25) is 0 Å². The predicted octanol–water partition coefficient (Wildman–Crippen LogP) is 1.10. The molecule has 36 heavy (non-hydrogen) atoms. The van der Waals surface area contributed by atoms with Gasteiger partial charge in [0.2, 0.25) is 0 Å². The molecule has 12 heteroatoms. The van der Waals surface area contributed by atoms with E-state index in [1.54, 1.807) is 24.3 Å². The third-order valence-electron chi connectivity index (χ3n) is 5.14. The number of anilines is 2. The molecule has 3 rings (SSSR count). The van der Waals surface area contributed by atoms with Gasteiger partial charge < -0.3 is 21.7 Å². The summed E-state index contributed by atoms with van der Waals surface area (Å²) < 4.78 is 2.53. The van der Waals surface area contributed by atoms with Crippen LogP contribution in [-0.4, -0.2) is 43.0 Å². The number of hydrogen-bond donors (Lipinski definition) is 4. The zero-order valence-electron chi connectivity index (χ0n) is 18.9. The van der Waals surface area contributed by atoms with Crippen molar-refractivity contribution in [1.82, 2.24) is 19.6 Å². The zero-order valence-corrected chi connectivity index (χ0v) is 18.9. The van der Waals surface area contributed by atoms with E-state index in [-0.39, 0.29) is 71.6 Å². The van der Waals surface area contributed by atoms with Crippen LogP contribution in [0.25, 0.3) is 23.3 Å². The number of nitrogens with two attached hydrogens (primary N) is 2. The second kappa shape index (κ2) is 11.1. The molecule has 12 nitrogen and oxygen atoms in total. The first-order chi connectivity index (χ1) is 17.4. The first-order valence-electron chi connectivity index (χ1n) is 10.5. The first-order valence-corrected chi connectivity index (χ1v) is 10.5. The van der Waals surface area contributed by atoms with Crippen LogP contribution in [0, 0.1) is 45.3 Å². The summed E-state index contributed by atoms with van der Waals surface area (Å²) in [5.74, 6) is 0.122. The highest BCUT2D eigenvalue weighted by Gasteiger charge is 2.20. The highest BCUT2D eigenvalue weighted by atomic mass is 16.3. The van der Waals surface area contributed by atoms with Gasteiger partial charge in [-0.2, -0.15) is 31.2 Å². The predicted molar refractivity (Wildman–Crippen MR) is 130 cm³/mol. The van der Waals surface area contributed by atoms with E-state index in [0.29, 0.717) is 11.1 Å². The van der Waals surface area contributed by atoms with Gasteiger partial charge >= 0.3 is 0 Å². The van der Waals surface area contributed by atoms with Gasteiger partial charge in [0.25, 0.3) is 0 Å². The number of nitriles is 4. The molecular formula is C24H20N10O2. The van der Waals surface area contributed by atoms with Gasteiger partial charge in [-0.05, 0) is 23.3 Å². The van der Waals surface area contributed by atoms with E-state index in [2.05, 4.69) is 10.2 Å². The molecule has 0 aliphatic carbocycles. The summed E-state index contributed by atoms with van der Waals surface area (Å²) in [5.41, 5.74) is 13.6. The average Bonchev–Trinajstić information content (AvgIpc) is 3.37. The van der Waals surface area contributed by atoms with Gasteiger partial charge in [0.15, 0.2) is 0 Å². The van der Waals surface area contributed by atoms with Crippen molar-refractivity contribution in [1.29, 1.82) is 21.0 Å². The lowest BCUT2D eigenvalue weighted by molar-refractivity contribution is 0.270. The molecule has 0 amide bonds. The Balaban J connectivity index is 1.97. The van der Waals surface area contributed by atoms with Crippen molar-refractivity contribution >= 4 is 34.9 Å². The Hall–Kier alpha value is -5.40. The first kappa shape index (κ1) is 25.2. The molecule has 3 aromatic rings. The Bertz CT molecular complexity index is 1400. The number of aromatic nitrogens is 4. The second-order valence-electron chi connectivity index (χ2n) is 7.34. The molecule has 0 aliphatic rings. The number of allylic oxidation sites excluding steroid dienone is 2. The molecule has 0 radical (unpaired) electrons. The average molecular weight is 480 g/mol. The topological polar surface area (TPSA) is 223 Å². The Labute approximate surface area is 206 Å². The van der Waals surface area contributed by atoms with E-state index >= 15 is 0 Å². The van der Waals surface area contributed by atoms with Gasteiger partial charge in [0.05, 0.1) is 37.4 Å². The van der Waals surface area contributed by atoms with E-state index in [4.69, 9.17) is 21.7 Å². The summed E-state index contributed by atoms with van der Waals surface area (Å²) in [7, 11) is 0. The lowest BCUT2D eigenvalue weighted by Crippen LogP contribution is -2.07. The lowest BCUT2D eigenvalue weighted by atomic mass is 10.0. The van der Waals surface area contributed by atoms with Crippen molar-refractivity contribution in [2.24, 2.45) is 0 Å². The van der Waals surface area contributed by atoms with E-state index in [1.165, 1.54) is 21.5 Å². The van der Waals surface area contributed by atoms with Crippen LogP contribution in [0.5, 0.6) is 0 Å². The monoisotopic (exact) mass is 480 g/mol. The molecule has 0 aliphatic heterocycles. The lowest BCUT2D eigenvalue weighted by Gasteiger charge is -2.00. The van der Waals surface area contributed by atoms with Crippen molar-refractivity contribution in [2.45, 2.75) is 13.1 Å². The number of benzene rings is 1. The van der Waals surface area contributed by atoms with Crippen molar-refractivity contribution in [3.05, 3.63) is 57.9 Å². The minimum Gasteiger partial charge on any atom is -0.394 e. The molecule has 0 unspecified atom stereocenters. The second-order valence-corrected chi connectivity index (χ2v) is 7.34. The van der Waals surface area contributed by atoms with E-state index in [9.17, 15) is 21.0 Å². The number of aliphatic hydroxyl groups excluding tert-OH is 2. The van der Waals surface area contributed by atoms with Crippen LogP contribution >= 0.6 is 0 Å². The summed E-state index contributed by atoms with van der Waals surface area (Å²) >= 11 is 0. The van der Waals surface area contributed by atoms with Gasteiger partial charge in [-0.15, -0.1) is 0 Å². The van der Waals surface area contributed by atoms with Gasteiger partial charge in [-0.1, -0.05) is 24.3 Å². The molecule has 0 fully saturated rings. The fourth-order valence-electron chi connectivity index (χ4n) is 3.41. The van der Waals surface area contributed by atoms with Crippen LogP contribution in [-0.2, 0) is 13.1 Å². The maximum atomic E-state index is 9.66. The maximum Gasteiger partial charge on any atom is 0.140 e. The third-order valence-corrected chi connectivity index (χ3v) is 5.14. The molecule has 0 bridgehead atoms. The van der Waals surface area contributed by atoms with Gasteiger partial charge in [0.1, 0.15) is 58.4 Å². The van der Waals surface area contributed by atoms with E-state index in [1.807, 2.05) is 24.3 Å². The zero-order chi connectivity index (χ0) is 26.2. The number of aliphatic hydroxyl groups is 2. The molecule has 2 heterocycles. The fraction of sp³-hybridized carbons (Fsp3) is 0.167. The molecule has 2 aromatic heterocycles. The summed E-state index contributed by atoms with van der Waals surface area (Å²) in [4.78, 5) is 0. The van der Waals surface area contributed by atoms with Crippen molar-refractivity contribution in [3.8, 4) is 24.3 Å². The Morgan fingerprint density at radius 2 is 1.11 bits per heavy atom. The molecule has 0 atom stereocenters. The van der Waals surface area contributed by atoms with Crippen LogP contribution < -0.4 is 11.5 Å². The summed E-state index contributed by atoms with van der Waals surface area (Å²) in [6, 6.07) is 14.7. The van der Waals surface area contributed by atoms with Crippen LogP contribution in [0.15, 0.2) is 24.3 Å². The maximum absolute atomic E-state index is 9.66. The van der Waals surface area contributed by atoms with E-state index in [0.717, 1.165) is 0 Å².